The van der Waals surface area contributed by atoms with Crippen molar-refractivity contribution < 1.29 is 9.59 Å². The molecule has 0 aliphatic carbocycles. The van der Waals surface area contributed by atoms with Crippen molar-refractivity contribution >= 4 is 61.4 Å². The van der Waals surface area contributed by atoms with Crippen molar-refractivity contribution in [2.75, 3.05) is 5.32 Å². The second kappa shape index (κ2) is 9.51. The SMILES string of the molecule is Cc1ccc(C(=O)NC(=S)Nc2sc(Cc3ccccc3)c(C)c2C(N)=O)cc1Br. The minimum atomic E-state index is -0.540. The van der Waals surface area contributed by atoms with E-state index in [1.165, 1.54) is 11.3 Å². The van der Waals surface area contributed by atoms with Gasteiger partial charge in [-0.3, -0.25) is 14.9 Å². The molecule has 8 heteroatoms. The first-order valence-electron chi connectivity index (χ1n) is 9.10. The minimum Gasteiger partial charge on any atom is -0.365 e. The van der Waals surface area contributed by atoms with Crippen LogP contribution in [0.3, 0.4) is 0 Å². The number of nitrogens with one attached hydrogen (secondary N) is 2. The molecule has 0 aliphatic rings. The molecule has 3 aromatic rings. The number of benzene rings is 2. The molecule has 0 saturated heterocycles. The molecule has 0 spiro atoms. The lowest BCUT2D eigenvalue weighted by atomic mass is 10.1. The van der Waals surface area contributed by atoms with Crippen molar-refractivity contribution in [1.82, 2.24) is 5.32 Å². The highest BCUT2D eigenvalue weighted by Crippen LogP contribution is 2.34. The Kier molecular flexibility index (Phi) is 7.02. The summed E-state index contributed by atoms with van der Waals surface area (Å²) in [5.41, 5.74) is 9.44. The Morgan fingerprint density at radius 1 is 1.13 bits per heavy atom. The van der Waals surface area contributed by atoms with Crippen molar-refractivity contribution in [2.45, 2.75) is 20.3 Å². The highest BCUT2D eigenvalue weighted by atomic mass is 79.9. The molecule has 0 aliphatic heterocycles. The van der Waals surface area contributed by atoms with Gasteiger partial charge in [-0.2, -0.15) is 0 Å². The summed E-state index contributed by atoms with van der Waals surface area (Å²) in [7, 11) is 0. The van der Waals surface area contributed by atoms with Crippen LogP contribution in [0.5, 0.6) is 0 Å². The molecule has 0 atom stereocenters. The van der Waals surface area contributed by atoms with Gasteiger partial charge < -0.3 is 11.1 Å². The van der Waals surface area contributed by atoms with Crippen LogP contribution in [0, 0.1) is 13.8 Å². The molecule has 0 bridgehead atoms. The molecule has 4 N–H and O–H groups in total. The molecule has 1 heterocycles. The second-order valence-electron chi connectivity index (χ2n) is 6.75. The Bertz CT molecular complexity index is 1130. The van der Waals surface area contributed by atoms with Gasteiger partial charge in [0.2, 0.25) is 0 Å². The Morgan fingerprint density at radius 3 is 2.47 bits per heavy atom. The highest BCUT2D eigenvalue weighted by molar-refractivity contribution is 9.10. The summed E-state index contributed by atoms with van der Waals surface area (Å²) in [6, 6.07) is 15.3. The Hall–Kier alpha value is -2.55. The maximum Gasteiger partial charge on any atom is 0.257 e. The summed E-state index contributed by atoms with van der Waals surface area (Å²) in [6.45, 7) is 3.81. The lowest BCUT2D eigenvalue weighted by Crippen LogP contribution is -2.34. The first-order chi connectivity index (χ1) is 14.3. The van der Waals surface area contributed by atoms with Crippen LogP contribution in [0.1, 0.15) is 42.3 Å². The Morgan fingerprint density at radius 2 is 1.83 bits per heavy atom. The van der Waals surface area contributed by atoms with Gasteiger partial charge in [-0.25, -0.2) is 0 Å². The number of nitrogens with two attached hydrogens (primary N) is 1. The fourth-order valence-electron chi connectivity index (χ4n) is 2.94. The number of primary amides is 1. The van der Waals surface area contributed by atoms with E-state index >= 15 is 0 Å². The van der Waals surface area contributed by atoms with Crippen LogP contribution in [-0.2, 0) is 6.42 Å². The molecule has 154 valence electrons. The molecule has 3 rings (SSSR count). The average Bonchev–Trinajstić information content (AvgIpc) is 2.99. The predicted octanol–water partition coefficient (Wildman–Crippen LogP) is 4.94. The topological polar surface area (TPSA) is 84.2 Å². The number of anilines is 1. The van der Waals surface area contributed by atoms with E-state index in [0.29, 0.717) is 22.5 Å². The van der Waals surface area contributed by atoms with Crippen LogP contribution >= 0.6 is 39.5 Å². The van der Waals surface area contributed by atoms with Gasteiger partial charge in [0.15, 0.2) is 5.11 Å². The molecule has 1 aromatic heterocycles. The molecule has 2 aromatic carbocycles. The van der Waals surface area contributed by atoms with Gasteiger partial charge in [-0.1, -0.05) is 52.3 Å². The molecule has 5 nitrogen and oxygen atoms in total. The third kappa shape index (κ3) is 5.13. The lowest BCUT2D eigenvalue weighted by Gasteiger charge is -2.10. The van der Waals surface area contributed by atoms with E-state index in [1.54, 1.807) is 12.1 Å². The van der Waals surface area contributed by atoms with Crippen molar-refractivity contribution in [1.29, 1.82) is 0 Å². The first kappa shape index (κ1) is 22.1. The molecule has 0 saturated carbocycles. The van der Waals surface area contributed by atoms with Crippen LogP contribution in [0.15, 0.2) is 53.0 Å². The number of amides is 2. The van der Waals surface area contributed by atoms with E-state index in [1.807, 2.05) is 50.2 Å². The van der Waals surface area contributed by atoms with Crippen LogP contribution in [0.4, 0.5) is 5.00 Å². The summed E-state index contributed by atoms with van der Waals surface area (Å²) in [4.78, 5) is 25.6. The number of hydrogen-bond donors (Lipinski definition) is 3. The standard InChI is InChI=1S/C22H20BrN3O2S2/c1-12-8-9-15(11-16(12)23)20(28)25-22(29)26-21-18(19(24)27)13(2)17(30-21)10-14-6-4-3-5-7-14/h3-9,11H,10H2,1-2H3,(H2,24,27)(H2,25,26,28,29). The maximum atomic E-state index is 12.5. The normalized spacial score (nSPS) is 10.5. The zero-order chi connectivity index (χ0) is 21.8. The maximum absolute atomic E-state index is 12.5. The lowest BCUT2D eigenvalue weighted by molar-refractivity contribution is 0.0975. The predicted molar refractivity (Wildman–Crippen MR) is 129 cm³/mol. The van der Waals surface area contributed by atoms with E-state index in [0.717, 1.165) is 26.0 Å². The van der Waals surface area contributed by atoms with Gasteiger partial charge in [0, 0.05) is 21.3 Å². The highest BCUT2D eigenvalue weighted by Gasteiger charge is 2.21. The zero-order valence-corrected chi connectivity index (χ0v) is 19.6. The van der Waals surface area contributed by atoms with Gasteiger partial charge in [-0.15, -0.1) is 11.3 Å². The number of thiocarbonyl (C=S) groups is 1. The number of carbonyl (C=O) groups is 2. The Labute approximate surface area is 192 Å². The van der Waals surface area contributed by atoms with E-state index in [9.17, 15) is 9.59 Å². The van der Waals surface area contributed by atoms with Gasteiger partial charge in [0.1, 0.15) is 5.00 Å². The number of aryl methyl sites for hydroxylation is 1. The molecule has 2 amide bonds. The van der Waals surface area contributed by atoms with Crippen molar-refractivity contribution in [3.05, 3.63) is 85.7 Å². The molecule has 0 fully saturated rings. The van der Waals surface area contributed by atoms with Crippen molar-refractivity contribution in [3.63, 3.8) is 0 Å². The van der Waals surface area contributed by atoms with Gasteiger partial charge in [0.05, 0.1) is 5.56 Å². The third-order valence-corrected chi connectivity index (χ3v) is 6.85. The number of thiophene rings is 1. The van der Waals surface area contributed by atoms with Crippen molar-refractivity contribution in [2.24, 2.45) is 5.73 Å². The summed E-state index contributed by atoms with van der Waals surface area (Å²) in [5.74, 6) is -0.881. The molecular weight excluding hydrogens is 482 g/mol. The van der Waals surface area contributed by atoms with Gasteiger partial charge in [0.25, 0.3) is 11.8 Å². The number of rotatable bonds is 5. The van der Waals surface area contributed by atoms with E-state index in [2.05, 4.69) is 26.6 Å². The van der Waals surface area contributed by atoms with E-state index in [4.69, 9.17) is 18.0 Å². The fraction of sp³-hybridized carbons (Fsp3) is 0.136. The summed E-state index contributed by atoms with van der Waals surface area (Å²) >= 11 is 10.1. The van der Waals surface area contributed by atoms with Crippen molar-refractivity contribution in [3.8, 4) is 0 Å². The number of hydrogen-bond acceptors (Lipinski definition) is 4. The van der Waals surface area contributed by atoms with Gasteiger partial charge in [-0.05, 0) is 54.9 Å². The molecule has 0 radical (unpaired) electrons. The van der Waals surface area contributed by atoms with Crippen LogP contribution in [-0.4, -0.2) is 16.9 Å². The molecule has 0 unspecified atom stereocenters. The van der Waals surface area contributed by atoms with Crippen LogP contribution in [0.2, 0.25) is 0 Å². The Balaban J connectivity index is 1.78. The third-order valence-electron chi connectivity index (χ3n) is 4.59. The molecular formula is C22H20BrN3O2S2. The monoisotopic (exact) mass is 501 g/mol. The summed E-state index contributed by atoms with van der Waals surface area (Å²) in [5, 5.41) is 6.25. The summed E-state index contributed by atoms with van der Waals surface area (Å²) in [6.07, 6.45) is 0.676. The van der Waals surface area contributed by atoms with Crippen LogP contribution < -0.4 is 16.4 Å². The zero-order valence-electron chi connectivity index (χ0n) is 16.4. The number of halogens is 1. The second-order valence-corrected chi connectivity index (χ2v) is 9.12. The largest absolute Gasteiger partial charge is 0.365 e. The van der Waals surface area contributed by atoms with E-state index < -0.39 is 5.91 Å². The first-order valence-corrected chi connectivity index (χ1v) is 11.1. The molecule has 30 heavy (non-hydrogen) atoms. The van der Waals surface area contributed by atoms with Crippen LogP contribution in [0.25, 0.3) is 0 Å². The number of carbonyl (C=O) groups excluding carboxylic acids is 2. The fourth-order valence-corrected chi connectivity index (χ4v) is 4.83. The van der Waals surface area contributed by atoms with E-state index in [-0.39, 0.29) is 11.0 Å². The average molecular weight is 502 g/mol. The smallest absolute Gasteiger partial charge is 0.257 e. The van der Waals surface area contributed by atoms with Gasteiger partial charge >= 0.3 is 0 Å². The quantitative estimate of drug-likeness (QED) is 0.432. The minimum absolute atomic E-state index is 0.103. The summed E-state index contributed by atoms with van der Waals surface area (Å²) < 4.78 is 0.837.